The van der Waals surface area contributed by atoms with E-state index in [1.807, 2.05) is 0 Å². The van der Waals surface area contributed by atoms with Crippen LogP contribution < -0.4 is 18.9 Å². The molecule has 0 aliphatic carbocycles. The molecule has 2 nitrogen and oxygen atoms in total. The van der Waals surface area contributed by atoms with Crippen molar-refractivity contribution < 1.29 is 28.3 Å². The molecule has 0 aromatic carbocycles. The van der Waals surface area contributed by atoms with Crippen molar-refractivity contribution in [2.75, 3.05) is 20.0 Å². The Morgan fingerprint density at radius 1 is 1.00 bits per heavy atom. The number of unbranched alkanes of at least 4 members (excludes halogenated alkanes) is 3. The molecule has 0 aliphatic rings. The normalized spacial score (nSPS) is 12.2. The van der Waals surface area contributed by atoms with Gasteiger partial charge in [-0.3, -0.25) is 0 Å². The van der Waals surface area contributed by atoms with Gasteiger partial charge in [-0.05, 0) is 12.8 Å². The Kier molecular flexibility index (Phi) is 20.3. The zero-order valence-corrected chi connectivity index (χ0v) is 13.0. The van der Waals surface area contributed by atoms with E-state index in [-0.39, 0.29) is 18.9 Å². The Bertz CT molecular complexity index is 142. The Hall–Kier alpha value is 0.517. The quantitative estimate of drug-likeness (QED) is 0.214. The maximum atomic E-state index is 5.44. The predicted octanol–water partition coefficient (Wildman–Crippen LogP) is 1.59. The largest absolute Gasteiger partial charge is 1.00 e. The van der Waals surface area contributed by atoms with E-state index in [9.17, 15) is 0 Å². The van der Waals surface area contributed by atoms with E-state index in [0.717, 1.165) is 25.6 Å². The molecule has 0 radical (unpaired) electrons. The molecular formula is C15H31LiO2. The van der Waals surface area contributed by atoms with Crippen LogP contribution in [-0.4, -0.2) is 20.0 Å². The maximum absolute atomic E-state index is 5.44. The molecule has 0 saturated heterocycles. The minimum Gasteiger partial charge on any atom is -0.355 e. The Morgan fingerprint density at radius 3 is 2.28 bits per heavy atom. The number of hydrogen-bond donors (Lipinski definition) is 0. The van der Waals surface area contributed by atoms with Crippen LogP contribution in [0.5, 0.6) is 0 Å². The summed E-state index contributed by atoms with van der Waals surface area (Å²) < 4.78 is 10.8. The zero-order chi connectivity index (χ0) is 12.8. The first-order valence-corrected chi connectivity index (χ1v) is 7.24. The van der Waals surface area contributed by atoms with E-state index in [1.54, 1.807) is 0 Å². The summed E-state index contributed by atoms with van der Waals surface area (Å²) in [7, 11) is 0. The molecule has 0 rings (SSSR count). The van der Waals surface area contributed by atoms with Crippen LogP contribution in [0.3, 0.4) is 0 Å². The first kappa shape index (κ1) is 20.8. The molecule has 0 bridgehead atoms. The molecule has 1 atom stereocenters. The average Bonchev–Trinajstić information content (AvgIpc) is 2.32. The standard InChI is InChI=1S/C15H31O2.Li/c1-4-6-7-8-12-16-14-17-13-9-11-15(3)10-5-2;/h5,15H,4,6-14H2,1-3H3;/q-1;+1. The Labute approximate surface area is 126 Å². The van der Waals surface area contributed by atoms with Crippen LogP contribution in [0.1, 0.15) is 65.7 Å². The molecule has 104 valence electrons. The third-order valence-electron chi connectivity index (χ3n) is 2.93. The Morgan fingerprint density at radius 2 is 1.67 bits per heavy atom. The molecule has 18 heavy (non-hydrogen) atoms. The van der Waals surface area contributed by atoms with Crippen molar-refractivity contribution in [3.05, 3.63) is 6.42 Å². The van der Waals surface area contributed by atoms with Gasteiger partial charge in [-0.1, -0.05) is 45.4 Å². The topological polar surface area (TPSA) is 18.5 Å². The molecule has 0 saturated carbocycles. The first-order chi connectivity index (χ1) is 8.31. The van der Waals surface area contributed by atoms with Crippen molar-refractivity contribution in [3.63, 3.8) is 0 Å². The van der Waals surface area contributed by atoms with Crippen LogP contribution in [-0.2, 0) is 9.47 Å². The van der Waals surface area contributed by atoms with Crippen molar-refractivity contribution in [3.8, 4) is 0 Å². The van der Waals surface area contributed by atoms with E-state index >= 15 is 0 Å². The van der Waals surface area contributed by atoms with Gasteiger partial charge >= 0.3 is 18.9 Å². The molecule has 0 fully saturated rings. The van der Waals surface area contributed by atoms with Crippen LogP contribution in [0.4, 0.5) is 0 Å². The summed E-state index contributed by atoms with van der Waals surface area (Å²) >= 11 is 0. The second-order valence-electron chi connectivity index (χ2n) is 4.89. The van der Waals surface area contributed by atoms with Crippen LogP contribution in [0, 0.1) is 12.3 Å². The molecule has 0 aliphatic heterocycles. The second-order valence-corrected chi connectivity index (χ2v) is 4.89. The minimum absolute atomic E-state index is 0. The Balaban J connectivity index is 0. The molecule has 0 aromatic rings. The first-order valence-electron chi connectivity index (χ1n) is 7.24. The fraction of sp³-hybridized carbons (Fsp3) is 0.933. The van der Waals surface area contributed by atoms with Crippen molar-refractivity contribution in [1.82, 2.24) is 0 Å². The summed E-state index contributed by atoms with van der Waals surface area (Å²) in [6, 6.07) is 0. The molecular weight excluding hydrogens is 219 g/mol. The molecule has 0 amide bonds. The predicted molar refractivity (Wildman–Crippen MR) is 73.9 cm³/mol. The number of rotatable bonds is 13. The summed E-state index contributed by atoms with van der Waals surface area (Å²) in [6.45, 7) is 8.80. The van der Waals surface area contributed by atoms with Crippen molar-refractivity contribution in [1.29, 1.82) is 0 Å². The molecule has 1 unspecified atom stereocenters. The van der Waals surface area contributed by atoms with Crippen molar-refractivity contribution in [2.24, 2.45) is 5.92 Å². The summed E-state index contributed by atoms with van der Waals surface area (Å²) in [4.78, 5) is 0. The summed E-state index contributed by atoms with van der Waals surface area (Å²) in [5.74, 6) is 0.790. The fourth-order valence-electron chi connectivity index (χ4n) is 1.86. The fourth-order valence-corrected chi connectivity index (χ4v) is 1.86. The average molecular weight is 250 g/mol. The van der Waals surface area contributed by atoms with Crippen molar-refractivity contribution >= 4 is 0 Å². The van der Waals surface area contributed by atoms with Gasteiger partial charge in [-0.25, -0.2) is 0 Å². The van der Waals surface area contributed by atoms with E-state index < -0.39 is 0 Å². The monoisotopic (exact) mass is 250 g/mol. The SMILES string of the molecule is C[CH-]CC(C)CCCOCOCCCCCC.[Li+]. The molecule has 0 spiro atoms. The zero-order valence-electron chi connectivity index (χ0n) is 13.0. The number of ether oxygens (including phenoxy) is 2. The van der Waals surface area contributed by atoms with Gasteiger partial charge in [0.25, 0.3) is 0 Å². The van der Waals surface area contributed by atoms with Crippen LogP contribution in [0.2, 0.25) is 0 Å². The van der Waals surface area contributed by atoms with Gasteiger partial charge < -0.3 is 15.9 Å². The van der Waals surface area contributed by atoms with E-state index in [1.165, 1.54) is 38.5 Å². The summed E-state index contributed by atoms with van der Waals surface area (Å²) in [5, 5.41) is 0. The van der Waals surface area contributed by atoms with Gasteiger partial charge in [0.05, 0.1) is 0 Å². The third kappa shape index (κ3) is 16.5. The maximum Gasteiger partial charge on any atom is 1.00 e. The van der Waals surface area contributed by atoms with Gasteiger partial charge in [0, 0.05) is 13.2 Å². The van der Waals surface area contributed by atoms with Gasteiger partial charge in [-0.15, -0.1) is 0 Å². The number of hydrogen-bond acceptors (Lipinski definition) is 2. The minimum atomic E-state index is 0. The van der Waals surface area contributed by atoms with E-state index in [4.69, 9.17) is 9.47 Å². The smallest absolute Gasteiger partial charge is 0.355 e. The second kappa shape index (κ2) is 17.5. The third-order valence-corrected chi connectivity index (χ3v) is 2.93. The van der Waals surface area contributed by atoms with Crippen molar-refractivity contribution in [2.45, 2.75) is 65.7 Å². The summed E-state index contributed by atoms with van der Waals surface area (Å²) in [6.07, 6.45) is 10.9. The van der Waals surface area contributed by atoms with E-state index in [2.05, 4.69) is 27.2 Å². The van der Waals surface area contributed by atoms with Crippen LogP contribution in [0.25, 0.3) is 0 Å². The molecule has 0 aromatic heterocycles. The van der Waals surface area contributed by atoms with Crippen LogP contribution >= 0.6 is 0 Å². The molecule has 0 heterocycles. The summed E-state index contributed by atoms with van der Waals surface area (Å²) in [5.41, 5.74) is 0. The molecule has 3 heteroatoms. The van der Waals surface area contributed by atoms with E-state index in [0.29, 0.717) is 6.79 Å². The molecule has 0 N–H and O–H groups in total. The van der Waals surface area contributed by atoms with Gasteiger partial charge in [-0.2, -0.15) is 13.3 Å². The van der Waals surface area contributed by atoms with Gasteiger partial charge in [0.2, 0.25) is 0 Å². The van der Waals surface area contributed by atoms with Gasteiger partial charge in [0.15, 0.2) is 0 Å². The van der Waals surface area contributed by atoms with Crippen LogP contribution in [0.15, 0.2) is 0 Å². The van der Waals surface area contributed by atoms with Gasteiger partial charge in [0.1, 0.15) is 6.79 Å².